The highest BCUT2D eigenvalue weighted by molar-refractivity contribution is 6.21. The molecule has 1 aromatic heterocycles. The molecular formula is C54H34N2O2. The second kappa shape index (κ2) is 12.5. The molecule has 0 amide bonds. The molecule has 0 bridgehead atoms. The standard InChI is InChI=1S/C54H34N2O2/c1-33-51(34-15-4-2-5-16-34)55-53(35-17-6-3-7-18-35)56-52(33)37-28-30-40-39-29-27-36(31-48(39)58-49(40)32-37)38-20-14-24-45-50(38)41-19-8-9-21-42(41)54(45)43-22-10-12-25-46(43)57-47-26-13-11-23-44(47)54/h2-32,52H,1H2. The molecular weight excluding hydrogens is 709 g/mol. The normalized spacial score (nSPS) is 15.9. The van der Waals surface area contributed by atoms with Crippen LogP contribution >= 0.6 is 0 Å². The van der Waals surface area contributed by atoms with E-state index in [1.807, 2.05) is 36.4 Å². The molecule has 1 aliphatic carbocycles. The summed E-state index contributed by atoms with van der Waals surface area (Å²) in [6.45, 7) is 4.55. The molecule has 58 heavy (non-hydrogen) atoms. The van der Waals surface area contributed by atoms with Gasteiger partial charge >= 0.3 is 0 Å². The van der Waals surface area contributed by atoms with E-state index in [1.54, 1.807) is 0 Å². The predicted octanol–water partition coefficient (Wildman–Crippen LogP) is 13.3. The fourth-order valence-corrected chi connectivity index (χ4v) is 9.66. The third-order valence-corrected chi connectivity index (χ3v) is 12.2. The highest BCUT2D eigenvalue weighted by Crippen LogP contribution is 2.63. The Morgan fingerprint density at radius 2 is 1.07 bits per heavy atom. The van der Waals surface area contributed by atoms with Gasteiger partial charge in [-0.15, -0.1) is 0 Å². The molecule has 3 aliphatic rings. The first-order valence-corrected chi connectivity index (χ1v) is 19.7. The van der Waals surface area contributed by atoms with Crippen LogP contribution < -0.4 is 4.74 Å². The van der Waals surface area contributed by atoms with Crippen molar-refractivity contribution in [2.45, 2.75) is 11.5 Å². The van der Waals surface area contributed by atoms with Gasteiger partial charge in [0.05, 0.1) is 11.1 Å². The topological polar surface area (TPSA) is 47.1 Å². The Morgan fingerprint density at radius 1 is 0.483 bits per heavy atom. The van der Waals surface area contributed by atoms with Gasteiger partial charge in [-0.1, -0.05) is 164 Å². The van der Waals surface area contributed by atoms with E-state index in [1.165, 1.54) is 27.8 Å². The molecule has 4 heteroatoms. The summed E-state index contributed by atoms with van der Waals surface area (Å²) in [5.74, 6) is 2.47. The Morgan fingerprint density at radius 3 is 1.81 bits per heavy atom. The fraction of sp³-hybridized carbons (Fsp3) is 0.0370. The fourth-order valence-electron chi connectivity index (χ4n) is 9.66. The van der Waals surface area contributed by atoms with E-state index in [9.17, 15) is 0 Å². The number of ether oxygens (including phenoxy) is 1. The summed E-state index contributed by atoms with van der Waals surface area (Å²) in [4.78, 5) is 10.2. The number of aliphatic imine (C=N–C) groups is 2. The minimum Gasteiger partial charge on any atom is -0.457 e. The van der Waals surface area contributed by atoms with Gasteiger partial charge in [0.1, 0.15) is 28.7 Å². The first-order valence-electron chi connectivity index (χ1n) is 19.7. The Kier molecular flexibility index (Phi) is 7.02. The summed E-state index contributed by atoms with van der Waals surface area (Å²) in [7, 11) is 0. The van der Waals surface area contributed by atoms with Crippen LogP contribution in [0.2, 0.25) is 0 Å². The van der Waals surface area contributed by atoms with Crippen LogP contribution in [0, 0.1) is 0 Å². The molecule has 0 fully saturated rings. The van der Waals surface area contributed by atoms with Crippen LogP contribution in [0.25, 0.3) is 44.2 Å². The number of hydrogen-bond donors (Lipinski definition) is 0. The largest absolute Gasteiger partial charge is 0.457 e. The second-order valence-electron chi connectivity index (χ2n) is 15.3. The van der Waals surface area contributed by atoms with E-state index >= 15 is 0 Å². The summed E-state index contributed by atoms with van der Waals surface area (Å²) in [6.07, 6.45) is 0. The van der Waals surface area contributed by atoms with Crippen LogP contribution in [-0.4, -0.2) is 11.5 Å². The van der Waals surface area contributed by atoms with E-state index in [-0.39, 0.29) is 6.04 Å². The molecule has 0 N–H and O–H groups in total. The summed E-state index contributed by atoms with van der Waals surface area (Å²) in [5, 5.41) is 2.14. The van der Waals surface area contributed by atoms with E-state index in [0.717, 1.165) is 78.1 Å². The van der Waals surface area contributed by atoms with Crippen molar-refractivity contribution in [1.29, 1.82) is 0 Å². The molecule has 2 aliphatic heterocycles. The van der Waals surface area contributed by atoms with Gasteiger partial charge in [-0.3, -0.25) is 4.99 Å². The van der Waals surface area contributed by atoms with Crippen LogP contribution in [-0.2, 0) is 5.41 Å². The summed E-state index contributed by atoms with van der Waals surface area (Å²) in [6, 6.07) is 65.8. The molecule has 8 aromatic carbocycles. The van der Waals surface area contributed by atoms with Gasteiger partial charge in [-0.05, 0) is 69.3 Å². The van der Waals surface area contributed by atoms with E-state index in [4.69, 9.17) is 19.1 Å². The molecule has 4 nitrogen and oxygen atoms in total. The lowest BCUT2D eigenvalue weighted by atomic mass is 9.66. The highest BCUT2D eigenvalue weighted by Gasteiger charge is 2.51. The van der Waals surface area contributed by atoms with Gasteiger partial charge in [0, 0.05) is 38.6 Å². The van der Waals surface area contributed by atoms with Crippen molar-refractivity contribution in [2.24, 2.45) is 9.98 Å². The zero-order valence-corrected chi connectivity index (χ0v) is 31.4. The number of fused-ring (bicyclic) bond motifs is 12. The smallest absolute Gasteiger partial charge is 0.156 e. The number of furan rings is 1. The summed E-state index contributed by atoms with van der Waals surface area (Å²) < 4.78 is 13.3. The lowest BCUT2D eigenvalue weighted by Crippen LogP contribution is -2.32. The van der Waals surface area contributed by atoms with Gasteiger partial charge < -0.3 is 9.15 Å². The molecule has 272 valence electrons. The monoisotopic (exact) mass is 742 g/mol. The Labute approximate surface area is 335 Å². The SMILES string of the molecule is C=C1C(c2ccccc2)=NC(c2ccccc2)=NC1c1ccc2c(c1)oc1cc(-c3cccc4c3-c3ccccc3C43c4ccccc4Oc4ccccc43)ccc12. The number of amidine groups is 1. The average Bonchev–Trinajstić information content (AvgIpc) is 3.80. The van der Waals surface area contributed by atoms with Crippen molar-refractivity contribution < 1.29 is 9.15 Å². The summed E-state index contributed by atoms with van der Waals surface area (Å²) in [5.41, 5.74) is 15.4. The van der Waals surface area contributed by atoms with Crippen molar-refractivity contribution in [2.75, 3.05) is 0 Å². The van der Waals surface area contributed by atoms with Crippen molar-refractivity contribution in [3.05, 3.63) is 239 Å². The lowest BCUT2D eigenvalue weighted by molar-refractivity contribution is 0.436. The zero-order chi connectivity index (χ0) is 38.4. The van der Waals surface area contributed by atoms with Crippen molar-refractivity contribution in [3.63, 3.8) is 0 Å². The third-order valence-electron chi connectivity index (χ3n) is 12.2. The van der Waals surface area contributed by atoms with Gasteiger partial charge in [0.2, 0.25) is 0 Å². The molecule has 1 spiro atoms. The van der Waals surface area contributed by atoms with E-state index in [2.05, 4.69) is 158 Å². The molecule has 3 heterocycles. The summed E-state index contributed by atoms with van der Waals surface area (Å²) >= 11 is 0. The number of hydrogen-bond acceptors (Lipinski definition) is 4. The maximum Gasteiger partial charge on any atom is 0.156 e. The Hall–Kier alpha value is -7.56. The number of para-hydroxylation sites is 2. The van der Waals surface area contributed by atoms with Crippen LogP contribution in [0.15, 0.2) is 215 Å². The first-order chi connectivity index (χ1) is 28.7. The molecule has 1 atom stereocenters. The lowest BCUT2D eigenvalue weighted by Gasteiger charge is -2.39. The van der Waals surface area contributed by atoms with Crippen molar-refractivity contribution >= 4 is 33.5 Å². The molecule has 9 aromatic rings. The minimum absolute atomic E-state index is 0.323. The van der Waals surface area contributed by atoms with Crippen LogP contribution in [0.3, 0.4) is 0 Å². The van der Waals surface area contributed by atoms with E-state index in [0.29, 0.717) is 5.84 Å². The molecule has 1 unspecified atom stereocenters. The highest BCUT2D eigenvalue weighted by atomic mass is 16.5. The van der Waals surface area contributed by atoms with Gasteiger partial charge in [-0.2, -0.15) is 0 Å². The van der Waals surface area contributed by atoms with Crippen molar-refractivity contribution in [1.82, 2.24) is 0 Å². The molecule has 0 radical (unpaired) electrons. The second-order valence-corrected chi connectivity index (χ2v) is 15.3. The number of nitrogens with zero attached hydrogens (tertiary/aromatic N) is 2. The molecule has 0 saturated carbocycles. The average molecular weight is 743 g/mol. The van der Waals surface area contributed by atoms with E-state index < -0.39 is 5.41 Å². The van der Waals surface area contributed by atoms with Crippen LogP contribution in [0.5, 0.6) is 11.5 Å². The van der Waals surface area contributed by atoms with Crippen LogP contribution in [0.1, 0.15) is 45.0 Å². The van der Waals surface area contributed by atoms with Gasteiger partial charge in [-0.25, -0.2) is 4.99 Å². The van der Waals surface area contributed by atoms with Gasteiger partial charge in [0.25, 0.3) is 0 Å². The number of benzene rings is 8. The molecule has 0 saturated heterocycles. The minimum atomic E-state index is -0.524. The maximum atomic E-state index is 6.77. The Bertz CT molecular complexity index is 3180. The first kappa shape index (κ1) is 32.7. The third kappa shape index (κ3) is 4.63. The number of rotatable bonds is 4. The van der Waals surface area contributed by atoms with Crippen LogP contribution in [0.4, 0.5) is 0 Å². The van der Waals surface area contributed by atoms with Gasteiger partial charge in [0.15, 0.2) is 5.84 Å². The molecule has 12 rings (SSSR count). The van der Waals surface area contributed by atoms with Crippen molar-refractivity contribution in [3.8, 4) is 33.8 Å². The Balaban J connectivity index is 0.995. The zero-order valence-electron chi connectivity index (χ0n) is 31.4. The predicted molar refractivity (Wildman–Crippen MR) is 234 cm³/mol. The quantitative estimate of drug-likeness (QED) is 0.180. The maximum absolute atomic E-state index is 6.77.